The molecule has 18 heavy (non-hydrogen) atoms. The van der Waals surface area contributed by atoms with E-state index < -0.39 is 0 Å². The maximum Gasteiger partial charge on any atom is 0.293 e. The van der Waals surface area contributed by atoms with Crippen molar-refractivity contribution in [3.8, 4) is 0 Å². The Morgan fingerprint density at radius 2 is 2.00 bits per heavy atom. The summed E-state index contributed by atoms with van der Waals surface area (Å²) in [4.78, 5) is 13.0. The summed E-state index contributed by atoms with van der Waals surface area (Å²) in [7, 11) is 0. The first-order valence-electron chi connectivity index (χ1n) is 6.18. The molecule has 0 radical (unpaired) electrons. The first-order chi connectivity index (χ1) is 8.66. The Labute approximate surface area is 105 Å². The van der Waals surface area contributed by atoms with Crippen LogP contribution < -0.4 is 4.90 Å². The van der Waals surface area contributed by atoms with Gasteiger partial charge in [0.2, 0.25) is 0 Å². The zero-order chi connectivity index (χ0) is 12.7. The van der Waals surface area contributed by atoms with Crippen molar-refractivity contribution < 1.29 is 4.92 Å². The number of anilines is 1. The number of rotatable bonds is 2. The second kappa shape index (κ2) is 4.01. The Morgan fingerprint density at radius 3 is 2.67 bits per heavy atom. The van der Waals surface area contributed by atoms with Crippen LogP contribution in [-0.4, -0.2) is 22.4 Å². The fraction of sp³-hybridized carbons (Fsp3) is 0.385. The second-order valence-electron chi connectivity index (χ2n) is 4.80. The zero-order valence-corrected chi connectivity index (χ0v) is 10.3. The number of nitro groups is 1. The van der Waals surface area contributed by atoms with Gasteiger partial charge in [-0.05, 0) is 37.5 Å². The second-order valence-corrected chi connectivity index (χ2v) is 4.80. The topological polar surface area (TPSA) is 50.8 Å². The lowest BCUT2D eigenvalue weighted by Gasteiger charge is -2.19. The number of aromatic nitrogens is 1. The number of aryl methyl sites for hydroxylation is 1. The quantitative estimate of drug-likeness (QED) is 0.603. The highest BCUT2D eigenvalue weighted by Gasteiger charge is 2.20. The largest absolute Gasteiger partial charge is 0.358 e. The number of fused-ring (bicyclic) bond motifs is 1. The Balaban J connectivity index is 2.22. The van der Waals surface area contributed by atoms with E-state index in [0.717, 1.165) is 24.5 Å². The van der Waals surface area contributed by atoms with Crippen LogP contribution in [0.3, 0.4) is 0 Å². The molecule has 5 heteroatoms. The molecule has 3 heterocycles. The number of pyridine rings is 1. The molecule has 0 aliphatic carbocycles. The summed E-state index contributed by atoms with van der Waals surface area (Å²) in [5, 5.41) is 11.0. The van der Waals surface area contributed by atoms with Crippen LogP contribution in [0.2, 0.25) is 0 Å². The van der Waals surface area contributed by atoms with Crippen LogP contribution in [0.15, 0.2) is 24.4 Å². The van der Waals surface area contributed by atoms with E-state index in [2.05, 4.69) is 4.90 Å². The first-order valence-corrected chi connectivity index (χ1v) is 6.18. The van der Waals surface area contributed by atoms with Gasteiger partial charge in [-0.1, -0.05) is 0 Å². The van der Waals surface area contributed by atoms with Crippen LogP contribution in [0, 0.1) is 17.0 Å². The smallest absolute Gasteiger partial charge is 0.293 e. The molecule has 94 valence electrons. The summed E-state index contributed by atoms with van der Waals surface area (Å²) in [5.74, 6) is 1.06. The van der Waals surface area contributed by atoms with Crippen LogP contribution in [0.5, 0.6) is 0 Å². The lowest BCUT2D eigenvalue weighted by atomic mass is 10.3. The predicted octanol–water partition coefficient (Wildman–Crippen LogP) is 2.76. The van der Waals surface area contributed by atoms with E-state index in [4.69, 9.17) is 0 Å². The minimum absolute atomic E-state index is 0.172. The monoisotopic (exact) mass is 245 g/mol. The Morgan fingerprint density at radius 1 is 1.28 bits per heavy atom. The highest BCUT2D eigenvalue weighted by atomic mass is 16.6. The van der Waals surface area contributed by atoms with Gasteiger partial charge >= 0.3 is 0 Å². The van der Waals surface area contributed by atoms with Crippen molar-refractivity contribution in [3.05, 3.63) is 40.1 Å². The van der Waals surface area contributed by atoms with Crippen molar-refractivity contribution in [1.82, 2.24) is 4.40 Å². The maximum absolute atomic E-state index is 11.0. The third-order valence-corrected chi connectivity index (χ3v) is 3.48. The normalized spacial score (nSPS) is 15.5. The molecule has 0 amide bonds. The van der Waals surface area contributed by atoms with Gasteiger partial charge in [-0.15, -0.1) is 0 Å². The van der Waals surface area contributed by atoms with Gasteiger partial charge in [-0.3, -0.25) is 14.5 Å². The fourth-order valence-corrected chi connectivity index (χ4v) is 2.66. The lowest BCUT2D eigenvalue weighted by Crippen LogP contribution is -2.20. The van der Waals surface area contributed by atoms with Gasteiger partial charge < -0.3 is 4.90 Å². The zero-order valence-electron chi connectivity index (χ0n) is 10.3. The fourth-order valence-electron chi connectivity index (χ4n) is 2.66. The molecule has 1 fully saturated rings. The molecule has 0 bridgehead atoms. The standard InChI is InChI=1S/C13H15N3O2/c1-10-8-12-11(16(17)18)4-5-13(15(12)9-10)14-6-2-3-7-14/h4-5,8-9H,2-3,6-7H2,1H3. The highest BCUT2D eigenvalue weighted by molar-refractivity contribution is 5.71. The summed E-state index contributed by atoms with van der Waals surface area (Å²) >= 11 is 0. The minimum Gasteiger partial charge on any atom is -0.358 e. The van der Waals surface area contributed by atoms with Gasteiger partial charge in [0.1, 0.15) is 11.3 Å². The Kier molecular flexibility index (Phi) is 2.47. The summed E-state index contributed by atoms with van der Waals surface area (Å²) < 4.78 is 1.94. The van der Waals surface area contributed by atoms with Crippen LogP contribution >= 0.6 is 0 Å². The molecule has 0 atom stereocenters. The molecule has 0 saturated carbocycles. The summed E-state index contributed by atoms with van der Waals surface area (Å²) in [6.45, 7) is 4.03. The number of hydrogen-bond donors (Lipinski definition) is 0. The lowest BCUT2D eigenvalue weighted by molar-refractivity contribution is -0.383. The van der Waals surface area contributed by atoms with Crippen LogP contribution in [-0.2, 0) is 0 Å². The predicted molar refractivity (Wildman–Crippen MR) is 70.2 cm³/mol. The summed E-state index contributed by atoms with van der Waals surface area (Å²) in [5.41, 5.74) is 1.90. The van der Waals surface area contributed by atoms with Crippen LogP contribution in [0.25, 0.3) is 5.52 Å². The van der Waals surface area contributed by atoms with E-state index in [1.165, 1.54) is 12.8 Å². The molecule has 1 aliphatic heterocycles. The van der Waals surface area contributed by atoms with Crippen molar-refractivity contribution in [2.45, 2.75) is 19.8 Å². The molecule has 2 aromatic rings. The highest BCUT2D eigenvalue weighted by Crippen LogP contribution is 2.29. The Hall–Kier alpha value is -2.04. The van der Waals surface area contributed by atoms with E-state index in [0.29, 0.717) is 5.52 Å². The van der Waals surface area contributed by atoms with Gasteiger partial charge in [0.25, 0.3) is 5.69 Å². The van der Waals surface area contributed by atoms with E-state index in [1.807, 2.05) is 29.7 Å². The first kappa shape index (κ1) is 11.1. The van der Waals surface area contributed by atoms with Crippen molar-refractivity contribution >= 4 is 17.0 Å². The molecule has 5 nitrogen and oxygen atoms in total. The number of nitrogens with zero attached hydrogens (tertiary/aromatic N) is 3. The maximum atomic E-state index is 11.0. The van der Waals surface area contributed by atoms with Gasteiger partial charge in [-0.2, -0.15) is 0 Å². The van der Waals surface area contributed by atoms with E-state index >= 15 is 0 Å². The van der Waals surface area contributed by atoms with Crippen LogP contribution in [0.1, 0.15) is 18.4 Å². The molecule has 0 unspecified atom stereocenters. The molecule has 2 aromatic heterocycles. The molecule has 1 aliphatic rings. The van der Waals surface area contributed by atoms with E-state index in [1.54, 1.807) is 6.07 Å². The van der Waals surface area contributed by atoms with Gasteiger partial charge in [0, 0.05) is 25.4 Å². The molecule has 0 spiro atoms. The average molecular weight is 245 g/mol. The molecule has 3 rings (SSSR count). The average Bonchev–Trinajstić information content (AvgIpc) is 2.94. The molecule has 0 N–H and O–H groups in total. The van der Waals surface area contributed by atoms with E-state index in [-0.39, 0.29) is 10.6 Å². The summed E-state index contributed by atoms with van der Waals surface area (Å²) in [6.07, 6.45) is 4.35. The molecule has 0 aromatic carbocycles. The van der Waals surface area contributed by atoms with Gasteiger partial charge in [-0.25, -0.2) is 0 Å². The number of hydrogen-bond acceptors (Lipinski definition) is 3. The van der Waals surface area contributed by atoms with Gasteiger partial charge in [0.15, 0.2) is 0 Å². The van der Waals surface area contributed by atoms with Crippen molar-refractivity contribution in [2.75, 3.05) is 18.0 Å². The third kappa shape index (κ3) is 1.63. The van der Waals surface area contributed by atoms with E-state index in [9.17, 15) is 10.1 Å². The van der Waals surface area contributed by atoms with Crippen molar-refractivity contribution in [2.24, 2.45) is 0 Å². The van der Waals surface area contributed by atoms with Crippen molar-refractivity contribution in [3.63, 3.8) is 0 Å². The molecular formula is C13H15N3O2. The molecule has 1 saturated heterocycles. The van der Waals surface area contributed by atoms with Crippen molar-refractivity contribution in [1.29, 1.82) is 0 Å². The Bertz CT molecular complexity index is 612. The van der Waals surface area contributed by atoms with Crippen LogP contribution in [0.4, 0.5) is 11.5 Å². The minimum atomic E-state index is -0.317. The van der Waals surface area contributed by atoms with Gasteiger partial charge in [0.05, 0.1) is 4.92 Å². The third-order valence-electron chi connectivity index (χ3n) is 3.48. The molecular weight excluding hydrogens is 230 g/mol. The SMILES string of the molecule is Cc1cc2c([N+](=O)[O-])ccc(N3CCCC3)n2c1. The summed E-state index contributed by atoms with van der Waals surface area (Å²) in [6, 6.07) is 5.34.